The predicted molar refractivity (Wildman–Crippen MR) is 172 cm³/mol. The average Bonchev–Trinajstić information content (AvgIpc) is 3.25. The van der Waals surface area contributed by atoms with Gasteiger partial charge in [0.05, 0.1) is 21.8 Å². The molecule has 0 saturated heterocycles. The first-order valence-corrected chi connectivity index (χ1v) is 14.8. The number of likely N-dealkylation sites (N-methyl/N-ethyl adjacent to an activating group) is 1. The molecule has 14 heteroatoms. The Bertz CT molecular complexity index is 1890. The standard InChI is InChI=1S/C31H31ClF2N6O4S/c1-15(38-28(41)43-30(2,3)4)13-40(8)26-17-11-19(32)22(23(34)24(17)36-14-37-26)16-9-10-20(33)25-21(16)18(12-35)27(45-25)39-29(42)44-31(5,6)7/h9-11,14H,1,13H2,2-8H3,(H,38,41)(H,39,42). The number of nitriles is 1. The molecule has 45 heavy (non-hydrogen) atoms. The summed E-state index contributed by atoms with van der Waals surface area (Å²) < 4.78 is 42.0. The van der Waals surface area contributed by atoms with Gasteiger partial charge in [0.1, 0.15) is 45.8 Å². The molecule has 0 radical (unpaired) electrons. The summed E-state index contributed by atoms with van der Waals surface area (Å²) in [6.45, 7) is 14.2. The molecule has 0 saturated carbocycles. The number of aromatic nitrogens is 2. The number of nitrogens with one attached hydrogen (secondary N) is 2. The fourth-order valence-corrected chi connectivity index (χ4v) is 5.85. The van der Waals surface area contributed by atoms with Crippen LogP contribution < -0.4 is 15.5 Å². The van der Waals surface area contributed by atoms with E-state index in [-0.39, 0.29) is 54.2 Å². The maximum atomic E-state index is 16.4. The smallest absolute Gasteiger partial charge is 0.412 e. The molecular weight excluding hydrogens is 626 g/mol. The Morgan fingerprint density at radius 2 is 1.76 bits per heavy atom. The summed E-state index contributed by atoms with van der Waals surface area (Å²) >= 11 is 7.51. The van der Waals surface area contributed by atoms with Gasteiger partial charge in [-0.3, -0.25) is 10.6 Å². The Balaban J connectivity index is 1.77. The lowest BCUT2D eigenvalue weighted by atomic mass is 9.97. The van der Waals surface area contributed by atoms with Crippen molar-refractivity contribution in [3.05, 3.63) is 59.0 Å². The summed E-state index contributed by atoms with van der Waals surface area (Å²) in [5.74, 6) is -1.21. The number of fused-ring (bicyclic) bond motifs is 2. The van der Waals surface area contributed by atoms with Gasteiger partial charge in [0, 0.05) is 29.1 Å². The zero-order chi connectivity index (χ0) is 33.4. The first-order valence-electron chi connectivity index (χ1n) is 13.6. The van der Waals surface area contributed by atoms with Gasteiger partial charge in [-0.05, 0) is 59.2 Å². The third-order valence-electron chi connectivity index (χ3n) is 6.05. The van der Waals surface area contributed by atoms with Crippen molar-refractivity contribution in [2.75, 3.05) is 23.8 Å². The molecule has 0 fully saturated rings. The summed E-state index contributed by atoms with van der Waals surface area (Å²) in [5, 5.41) is 15.4. The Kier molecular flexibility index (Phi) is 9.23. The number of thiophene rings is 1. The van der Waals surface area contributed by atoms with Crippen LogP contribution in [-0.4, -0.2) is 46.9 Å². The Morgan fingerprint density at radius 1 is 1.11 bits per heavy atom. The maximum absolute atomic E-state index is 16.4. The minimum Gasteiger partial charge on any atom is -0.444 e. The number of ether oxygens (including phenoxy) is 2. The minimum atomic E-state index is -0.834. The van der Waals surface area contributed by atoms with Crippen molar-refractivity contribution in [1.29, 1.82) is 5.26 Å². The number of hydrogen-bond acceptors (Lipinski definition) is 9. The van der Waals surface area contributed by atoms with E-state index in [0.29, 0.717) is 11.5 Å². The van der Waals surface area contributed by atoms with E-state index in [2.05, 4.69) is 27.2 Å². The van der Waals surface area contributed by atoms with Crippen LogP contribution in [0.2, 0.25) is 5.02 Å². The molecule has 0 aliphatic carbocycles. The Morgan fingerprint density at radius 3 is 2.38 bits per heavy atom. The fourth-order valence-electron chi connectivity index (χ4n) is 4.49. The molecule has 0 unspecified atom stereocenters. The largest absolute Gasteiger partial charge is 0.444 e. The van der Waals surface area contributed by atoms with E-state index in [1.807, 2.05) is 6.07 Å². The number of alkyl carbamates (subject to hydrolysis) is 1. The normalized spacial score (nSPS) is 11.7. The molecule has 4 aromatic rings. The average molecular weight is 657 g/mol. The molecule has 0 aliphatic heterocycles. The SMILES string of the molecule is C=C(CN(C)c1ncnc2c(F)c(-c3ccc(F)c4sc(NC(=O)OC(C)(C)C)c(C#N)c34)c(Cl)cc12)NC(=O)OC(C)(C)C. The monoisotopic (exact) mass is 656 g/mol. The molecule has 2 amide bonds. The van der Waals surface area contributed by atoms with Crippen molar-refractivity contribution in [3.8, 4) is 17.2 Å². The van der Waals surface area contributed by atoms with E-state index < -0.39 is 35.0 Å². The number of halogens is 3. The quantitative estimate of drug-likeness (QED) is 0.213. The molecule has 0 spiro atoms. The van der Waals surface area contributed by atoms with Gasteiger partial charge in [-0.2, -0.15) is 5.26 Å². The first-order chi connectivity index (χ1) is 20.9. The molecule has 2 aromatic heterocycles. The van der Waals surface area contributed by atoms with Crippen LogP contribution in [0.15, 0.2) is 36.8 Å². The fraction of sp³-hybridized carbons (Fsp3) is 0.323. The highest BCUT2D eigenvalue weighted by molar-refractivity contribution is 7.23. The van der Waals surface area contributed by atoms with Crippen LogP contribution in [0.1, 0.15) is 47.1 Å². The lowest BCUT2D eigenvalue weighted by Crippen LogP contribution is -2.35. The highest BCUT2D eigenvalue weighted by Gasteiger charge is 2.27. The molecule has 4 rings (SSSR count). The molecule has 0 bridgehead atoms. The summed E-state index contributed by atoms with van der Waals surface area (Å²) in [4.78, 5) is 34.7. The zero-order valence-corrected chi connectivity index (χ0v) is 27.3. The van der Waals surface area contributed by atoms with Crippen molar-refractivity contribution >= 4 is 66.9 Å². The van der Waals surface area contributed by atoms with Gasteiger partial charge in [-0.1, -0.05) is 24.2 Å². The third kappa shape index (κ3) is 7.41. The molecule has 0 atom stereocenters. The molecule has 2 N–H and O–H groups in total. The van der Waals surface area contributed by atoms with E-state index in [0.717, 1.165) is 17.4 Å². The molecule has 0 aliphatic rings. The van der Waals surface area contributed by atoms with E-state index in [9.17, 15) is 14.9 Å². The van der Waals surface area contributed by atoms with Crippen LogP contribution in [0.25, 0.3) is 32.1 Å². The van der Waals surface area contributed by atoms with Gasteiger partial charge in [0.25, 0.3) is 0 Å². The Hall–Kier alpha value is -4.54. The minimum absolute atomic E-state index is 0.0183. The van der Waals surface area contributed by atoms with Crippen molar-refractivity contribution in [2.45, 2.75) is 52.7 Å². The molecular formula is C31H31ClF2N6O4S. The van der Waals surface area contributed by atoms with E-state index in [1.54, 1.807) is 53.5 Å². The van der Waals surface area contributed by atoms with Crippen LogP contribution in [0.4, 0.5) is 29.2 Å². The van der Waals surface area contributed by atoms with Crippen molar-refractivity contribution in [1.82, 2.24) is 15.3 Å². The number of rotatable bonds is 6. The summed E-state index contributed by atoms with van der Waals surface area (Å²) in [6.07, 6.45) is -0.333. The number of nitrogens with zero attached hydrogens (tertiary/aromatic N) is 4. The van der Waals surface area contributed by atoms with Gasteiger partial charge in [-0.15, -0.1) is 11.3 Å². The topological polar surface area (TPSA) is 129 Å². The Labute approximate surface area is 267 Å². The summed E-state index contributed by atoms with van der Waals surface area (Å²) in [6, 6.07) is 5.92. The van der Waals surface area contributed by atoms with Gasteiger partial charge < -0.3 is 14.4 Å². The number of amides is 2. The number of carbonyl (C=O) groups is 2. The predicted octanol–water partition coefficient (Wildman–Crippen LogP) is 8.14. The second kappa shape index (κ2) is 12.5. The lowest BCUT2D eigenvalue weighted by Gasteiger charge is -2.23. The van der Waals surface area contributed by atoms with E-state index in [4.69, 9.17) is 21.1 Å². The van der Waals surface area contributed by atoms with Crippen LogP contribution in [0, 0.1) is 23.0 Å². The third-order valence-corrected chi connectivity index (χ3v) is 7.47. The summed E-state index contributed by atoms with van der Waals surface area (Å²) in [5.41, 5.74) is -1.37. The van der Waals surface area contributed by atoms with E-state index in [1.165, 1.54) is 18.5 Å². The first kappa shape index (κ1) is 33.4. The molecule has 2 aromatic carbocycles. The summed E-state index contributed by atoms with van der Waals surface area (Å²) in [7, 11) is 1.66. The number of carbonyl (C=O) groups excluding carboxylic acids is 2. The highest BCUT2D eigenvalue weighted by Crippen LogP contribution is 2.46. The number of anilines is 2. The number of benzene rings is 2. The molecule has 236 valence electrons. The second-order valence-electron chi connectivity index (χ2n) is 12.1. The van der Waals surface area contributed by atoms with Crippen LogP contribution in [0.3, 0.4) is 0 Å². The van der Waals surface area contributed by atoms with Gasteiger partial charge in [0.2, 0.25) is 0 Å². The maximum Gasteiger partial charge on any atom is 0.412 e. The van der Waals surface area contributed by atoms with Crippen LogP contribution in [0.5, 0.6) is 0 Å². The lowest BCUT2D eigenvalue weighted by molar-refractivity contribution is 0.0544. The van der Waals surface area contributed by atoms with Gasteiger partial charge in [-0.25, -0.2) is 28.3 Å². The van der Waals surface area contributed by atoms with Gasteiger partial charge in [0.15, 0.2) is 5.82 Å². The molecule has 10 nitrogen and oxygen atoms in total. The van der Waals surface area contributed by atoms with E-state index >= 15 is 8.78 Å². The molecule has 2 heterocycles. The van der Waals surface area contributed by atoms with Crippen molar-refractivity contribution < 1.29 is 27.8 Å². The zero-order valence-electron chi connectivity index (χ0n) is 25.7. The van der Waals surface area contributed by atoms with Crippen molar-refractivity contribution in [2.24, 2.45) is 0 Å². The number of hydrogen-bond donors (Lipinski definition) is 2. The second-order valence-corrected chi connectivity index (χ2v) is 13.5. The van der Waals surface area contributed by atoms with Crippen molar-refractivity contribution in [3.63, 3.8) is 0 Å². The highest BCUT2D eigenvalue weighted by atomic mass is 35.5. The van der Waals surface area contributed by atoms with Gasteiger partial charge >= 0.3 is 12.2 Å². The van der Waals surface area contributed by atoms with Crippen LogP contribution >= 0.6 is 22.9 Å². The van der Waals surface area contributed by atoms with Crippen LogP contribution in [-0.2, 0) is 9.47 Å².